The molecule has 4 saturated carbocycles. The minimum atomic E-state index is 0.127. The maximum Gasteiger partial charge on any atom is 0.309 e. The molecule has 0 spiro atoms. The molecule has 4 fully saturated rings. The van der Waals surface area contributed by atoms with Gasteiger partial charge < -0.3 is 4.74 Å². The van der Waals surface area contributed by atoms with Crippen LogP contribution in [0.2, 0.25) is 0 Å². The van der Waals surface area contributed by atoms with Gasteiger partial charge in [-0.05, 0) is 138 Å². The molecular formula is C36H62O2. The van der Waals surface area contributed by atoms with E-state index in [1.165, 1.54) is 122 Å². The van der Waals surface area contributed by atoms with E-state index in [4.69, 9.17) is 4.74 Å². The maximum absolute atomic E-state index is 12.8. The molecule has 4 aliphatic rings. The Hall–Kier alpha value is -0.790. The lowest BCUT2D eigenvalue weighted by Crippen LogP contribution is -2.30. The van der Waals surface area contributed by atoms with Crippen LogP contribution in [0, 0.1) is 41.4 Å². The smallest absolute Gasteiger partial charge is 0.309 e. The molecule has 0 aromatic rings. The van der Waals surface area contributed by atoms with Gasteiger partial charge in [0, 0.05) is 0 Å². The average molecular weight is 527 g/mol. The van der Waals surface area contributed by atoms with Crippen molar-refractivity contribution in [2.24, 2.45) is 41.4 Å². The van der Waals surface area contributed by atoms with Crippen LogP contribution in [0.4, 0.5) is 0 Å². The Bertz CT molecular complexity index is 665. The van der Waals surface area contributed by atoms with Gasteiger partial charge in [0.25, 0.3) is 0 Å². The van der Waals surface area contributed by atoms with Crippen LogP contribution in [0.5, 0.6) is 0 Å². The number of allylic oxidation sites excluding steroid dienone is 2. The summed E-state index contributed by atoms with van der Waals surface area (Å²) in [7, 11) is 0. The van der Waals surface area contributed by atoms with Crippen molar-refractivity contribution in [3.05, 3.63) is 12.2 Å². The number of carbonyl (C=O) groups is 1. The van der Waals surface area contributed by atoms with Crippen molar-refractivity contribution >= 4 is 5.97 Å². The number of hydrogen-bond donors (Lipinski definition) is 0. The first kappa shape index (κ1) is 30.2. The Balaban J connectivity index is 1.03. The van der Waals surface area contributed by atoms with Gasteiger partial charge in [-0.3, -0.25) is 4.79 Å². The van der Waals surface area contributed by atoms with Crippen LogP contribution in [0.15, 0.2) is 12.2 Å². The van der Waals surface area contributed by atoms with Crippen LogP contribution >= 0.6 is 0 Å². The minimum Gasteiger partial charge on any atom is -0.462 e. The van der Waals surface area contributed by atoms with Crippen LogP contribution < -0.4 is 0 Å². The van der Waals surface area contributed by atoms with E-state index in [9.17, 15) is 4.79 Å². The Labute approximate surface area is 236 Å². The van der Waals surface area contributed by atoms with E-state index in [1.807, 2.05) is 0 Å². The summed E-state index contributed by atoms with van der Waals surface area (Å²) in [5.41, 5.74) is 0. The fourth-order valence-electron chi connectivity index (χ4n) is 8.76. The number of rotatable bonds is 12. The van der Waals surface area contributed by atoms with Crippen LogP contribution in [-0.4, -0.2) is 12.1 Å². The van der Waals surface area contributed by atoms with Crippen LogP contribution in [0.1, 0.15) is 162 Å². The molecule has 0 amide bonds. The van der Waals surface area contributed by atoms with Gasteiger partial charge in [0.15, 0.2) is 0 Å². The van der Waals surface area contributed by atoms with E-state index in [2.05, 4.69) is 26.0 Å². The van der Waals surface area contributed by atoms with Crippen LogP contribution in [0.25, 0.3) is 0 Å². The van der Waals surface area contributed by atoms with Crippen molar-refractivity contribution in [2.75, 3.05) is 0 Å². The molecule has 0 radical (unpaired) electrons. The highest BCUT2D eigenvalue weighted by Crippen LogP contribution is 2.42. The summed E-state index contributed by atoms with van der Waals surface area (Å²) in [6.45, 7) is 4.62. The Morgan fingerprint density at radius 2 is 1.18 bits per heavy atom. The van der Waals surface area contributed by atoms with Gasteiger partial charge in [-0.25, -0.2) is 0 Å². The lowest BCUT2D eigenvalue weighted by Gasteiger charge is -2.37. The van der Waals surface area contributed by atoms with Gasteiger partial charge in [-0.15, -0.1) is 0 Å². The predicted octanol–water partition coefficient (Wildman–Crippen LogP) is 10.8. The molecule has 4 aliphatic carbocycles. The number of unbranched alkanes of at least 4 members (excludes halogenated alkanes) is 1. The molecule has 0 unspecified atom stereocenters. The van der Waals surface area contributed by atoms with Crippen molar-refractivity contribution in [2.45, 2.75) is 168 Å². The predicted molar refractivity (Wildman–Crippen MR) is 161 cm³/mol. The molecule has 0 saturated heterocycles. The molecule has 0 N–H and O–H groups in total. The Morgan fingerprint density at radius 1 is 0.632 bits per heavy atom. The number of ether oxygens (including phenoxy) is 1. The quantitative estimate of drug-likeness (QED) is 0.187. The number of hydrogen-bond acceptors (Lipinski definition) is 2. The molecule has 0 heterocycles. The fourth-order valence-corrected chi connectivity index (χ4v) is 8.76. The van der Waals surface area contributed by atoms with Crippen molar-refractivity contribution in [3.8, 4) is 0 Å². The Morgan fingerprint density at radius 3 is 1.82 bits per heavy atom. The van der Waals surface area contributed by atoms with E-state index in [0.29, 0.717) is 0 Å². The van der Waals surface area contributed by atoms with Crippen molar-refractivity contribution in [3.63, 3.8) is 0 Å². The third-order valence-corrected chi connectivity index (χ3v) is 11.4. The molecular weight excluding hydrogens is 464 g/mol. The first-order valence-electron chi connectivity index (χ1n) is 17.5. The maximum atomic E-state index is 12.8. The second kappa shape index (κ2) is 16.5. The zero-order valence-corrected chi connectivity index (χ0v) is 25.4. The molecule has 2 nitrogen and oxygen atoms in total. The first-order chi connectivity index (χ1) is 18.6. The molecule has 0 aromatic heterocycles. The van der Waals surface area contributed by atoms with Gasteiger partial charge in [0.1, 0.15) is 6.10 Å². The summed E-state index contributed by atoms with van der Waals surface area (Å²) in [4.78, 5) is 12.8. The van der Waals surface area contributed by atoms with Crippen LogP contribution in [0.3, 0.4) is 0 Å². The van der Waals surface area contributed by atoms with E-state index in [-0.39, 0.29) is 18.0 Å². The lowest BCUT2D eigenvalue weighted by molar-refractivity contribution is -0.157. The number of esters is 1. The van der Waals surface area contributed by atoms with Crippen molar-refractivity contribution in [1.82, 2.24) is 0 Å². The first-order valence-corrected chi connectivity index (χ1v) is 17.5. The van der Waals surface area contributed by atoms with Gasteiger partial charge in [-0.1, -0.05) is 70.9 Å². The Kier molecular flexibility index (Phi) is 13.1. The van der Waals surface area contributed by atoms with E-state index in [0.717, 1.165) is 61.2 Å². The summed E-state index contributed by atoms with van der Waals surface area (Å²) >= 11 is 0. The topological polar surface area (TPSA) is 26.3 Å². The highest BCUT2D eigenvalue weighted by Gasteiger charge is 2.31. The third-order valence-electron chi connectivity index (χ3n) is 11.4. The van der Waals surface area contributed by atoms with Crippen molar-refractivity contribution < 1.29 is 9.53 Å². The van der Waals surface area contributed by atoms with E-state index >= 15 is 0 Å². The molecule has 0 atom stereocenters. The van der Waals surface area contributed by atoms with E-state index < -0.39 is 0 Å². The second-order valence-corrected chi connectivity index (χ2v) is 14.2. The lowest BCUT2D eigenvalue weighted by atomic mass is 9.68. The molecule has 0 aliphatic heterocycles. The summed E-state index contributed by atoms with van der Waals surface area (Å²) in [6.07, 6.45) is 36.0. The largest absolute Gasteiger partial charge is 0.462 e. The zero-order chi connectivity index (χ0) is 26.6. The summed E-state index contributed by atoms with van der Waals surface area (Å²) in [5, 5.41) is 0. The SMILES string of the molecule is CCCCC1CCC(C2CCC(/C=C/CCC3CCC(C(=O)OC4CCC(CCC)CC4)CC3)CC2)CC1. The van der Waals surface area contributed by atoms with Gasteiger partial charge in [-0.2, -0.15) is 0 Å². The standard InChI is InChI=1S/C36H62O2/c1-3-5-9-29-12-20-32(21-13-29)33-22-14-30(15-23-33)10-6-7-11-31-16-24-34(25-17-31)36(37)38-35-26-18-28(8-4-2)19-27-35/h6,10,28-35H,3-5,7-9,11-27H2,1-2H3/b10-6+. The summed E-state index contributed by atoms with van der Waals surface area (Å²) < 4.78 is 5.97. The molecule has 0 bridgehead atoms. The van der Waals surface area contributed by atoms with E-state index in [1.54, 1.807) is 0 Å². The van der Waals surface area contributed by atoms with Crippen molar-refractivity contribution in [1.29, 1.82) is 0 Å². The van der Waals surface area contributed by atoms with Gasteiger partial charge >= 0.3 is 5.97 Å². The van der Waals surface area contributed by atoms with Gasteiger partial charge in [0.05, 0.1) is 5.92 Å². The zero-order valence-electron chi connectivity index (χ0n) is 25.4. The molecule has 38 heavy (non-hydrogen) atoms. The summed E-state index contributed by atoms with van der Waals surface area (Å²) in [6, 6.07) is 0. The minimum absolute atomic E-state index is 0.127. The molecule has 218 valence electrons. The molecule has 4 rings (SSSR count). The highest BCUT2D eigenvalue weighted by atomic mass is 16.5. The third kappa shape index (κ3) is 9.69. The monoisotopic (exact) mass is 526 g/mol. The second-order valence-electron chi connectivity index (χ2n) is 14.2. The van der Waals surface area contributed by atoms with Gasteiger partial charge in [0.2, 0.25) is 0 Å². The number of carbonyl (C=O) groups excluding carboxylic acids is 1. The fraction of sp³-hybridized carbons (Fsp3) is 0.917. The molecule has 2 heteroatoms. The normalized spacial score (nSPS) is 36.8. The van der Waals surface area contributed by atoms with Crippen LogP contribution in [-0.2, 0) is 9.53 Å². The molecule has 0 aromatic carbocycles. The summed E-state index contributed by atoms with van der Waals surface area (Å²) in [5.74, 6) is 5.97. The highest BCUT2D eigenvalue weighted by molar-refractivity contribution is 5.72. The average Bonchev–Trinajstić information content (AvgIpc) is 2.96.